The number of rotatable bonds is 7. The van der Waals surface area contributed by atoms with E-state index >= 15 is 0 Å². The summed E-state index contributed by atoms with van der Waals surface area (Å²) in [4.78, 5) is 4.07. The maximum Gasteiger partial charge on any atom is 0.211 e. The largest absolute Gasteiger partial charge is 0.370 e. The predicted molar refractivity (Wildman–Crippen MR) is 98.8 cm³/mol. The van der Waals surface area contributed by atoms with E-state index in [1.807, 2.05) is 24.3 Å². The zero-order valence-electron chi connectivity index (χ0n) is 12.3. The predicted octanol–water partition coefficient (Wildman–Crippen LogP) is 1.53. The van der Waals surface area contributed by atoms with Gasteiger partial charge >= 0.3 is 0 Å². The number of anilines is 1. The van der Waals surface area contributed by atoms with E-state index in [4.69, 9.17) is 5.73 Å². The molecule has 0 aliphatic rings. The zero-order valence-corrected chi connectivity index (χ0v) is 15.4. The van der Waals surface area contributed by atoms with Gasteiger partial charge in [-0.05, 0) is 31.0 Å². The van der Waals surface area contributed by atoms with Gasteiger partial charge in [0.25, 0.3) is 0 Å². The minimum absolute atomic E-state index is 0. The molecule has 1 aromatic carbocycles. The number of hydrogen-bond acceptors (Lipinski definition) is 3. The molecule has 0 unspecified atom stereocenters. The fourth-order valence-corrected chi connectivity index (χ4v) is 2.14. The Balaban J connectivity index is 0.00000400. The third-order valence-electron chi connectivity index (χ3n) is 2.70. The maximum atomic E-state index is 11.2. The number of aliphatic imine (C=N–C) groups is 1. The molecule has 0 spiro atoms. The van der Waals surface area contributed by atoms with Crippen LogP contribution < -0.4 is 15.8 Å². The summed E-state index contributed by atoms with van der Waals surface area (Å²) in [6.07, 6.45) is 0.950. The van der Waals surface area contributed by atoms with Crippen molar-refractivity contribution < 1.29 is 8.42 Å². The Kier molecular flexibility index (Phi) is 9.54. The number of halogens is 1. The molecule has 0 heterocycles. The van der Waals surface area contributed by atoms with Crippen molar-refractivity contribution in [2.24, 2.45) is 10.7 Å². The number of benzene rings is 1. The Morgan fingerprint density at radius 3 is 2.67 bits per heavy atom. The minimum atomic E-state index is -3.17. The number of nitrogens with zero attached hydrogens (tertiary/aromatic N) is 1. The van der Waals surface area contributed by atoms with E-state index in [1.54, 1.807) is 6.92 Å². The Labute approximate surface area is 143 Å². The van der Waals surface area contributed by atoms with Crippen molar-refractivity contribution in [2.75, 3.05) is 24.2 Å². The summed E-state index contributed by atoms with van der Waals surface area (Å²) in [5.41, 5.74) is 7.82. The SMILES string of the molecule is CCc1cccc(NC(N)=NCCNS(=O)(=O)CC)c1.I. The summed E-state index contributed by atoms with van der Waals surface area (Å²) in [6, 6.07) is 7.89. The molecule has 4 N–H and O–H groups in total. The second kappa shape index (κ2) is 9.96. The van der Waals surface area contributed by atoms with Crippen LogP contribution >= 0.6 is 24.0 Å². The van der Waals surface area contributed by atoms with Crippen molar-refractivity contribution in [2.45, 2.75) is 20.3 Å². The van der Waals surface area contributed by atoms with Gasteiger partial charge in [-0.2, -0.15) is 0 Å². The standard InChI is InChI=1S/C13H22N4O2S.HI/c1-3-11-6-5-7-12(10-11)17-13(14)15-8-9-16-20(18,19)4-2;/h5-7,10,16H,3-4,8-9H2,1-2H3,(H3,14,15,17);1H. The highest BCUT2D eigenvalue weighted by Crippen LogP contribution is 2.10. The second-order valence-electron chi connectivity index (χ2n) is 4.24. The smallest absolute Gasteiger partial charge is 0.211 e. The summed E-state index contributed by atoms with van der Waals surface area (Å²) < 4.78 is 24.8. The lowest BCUT2D eigenvalue weighted by Gasteiger charge is -2.07. The van der Waals surface area contributed by atoms with Gasteiger partial charge < -0.3 is 11.1 Å². The highest BCUT2D eigenvalue weighted by molar-refractivity contribution is 14.0. The van der Waals surface area contributed by atoms with Gasteiger partial charge in [-0.1, -0.05) is 19.1 Å². The van der Waals surface area contributed by atoms with Crippen LogP contribution in [0.15, 0.2) is 29.3 Å². The van der Waals surface area contributed by atoms with Gasteiger partial charge in [0.1, 0.15) is 0 Å². The molecular formula is C13H23IN4O2S. The van der Waals surface area contributed by atoms with Crippen LogP contribution in [0.5, 0.6) is 0 Å². The lowest BCUT2D eigenvalue weighted by atomic mass is 10.1. The molecule has 21 heavy (non-hydrogen) atoms. The lowest BCUT2D eigenvalue weighted by molar-refractivity contribution is 0.583. The van der Waals surface area contributed by atoms with E-state index in [2.05, 4.69) is 22.0 Å². The van der Waals surface area contributed by atoms with Crippen LogP contribution in [0.3, 0.4) is 0 Å². The monoisotopic (exact) mass is 426 g/mol. The zero-order chi connectivity index (χ0) is 15.0. The first-order chi connectivity index (χ1) is 9.46. The molecule has 0 fully saturated rings. The van der Waals surface area contributed by atoms with Gasteiger partial charge in [0, 0.05) is 12.2 Å². The van der Waals surface area contributed by atoms with Crippen molar-refractivity contribution in [3.63, 3.8) is 0 Å². The number of sulfonamides is 1. The molecule has 0 aliphatic heterocycles. The first kappa shape index (κ1) is 20.1. The van der Waals surface area contributed by atoms with Crippen LogP contribution in [-0.2, 0) is 16.4 Å². The maximum absolute atomic E-state index is 11.2. The van der Waals surface area contributed by atoms with Crippen LogP contribution in [0.4, 0.5) is 5.69 Å². The first-order valence-electron chi connectivity index (χ1n) is 6.60. The molecule has 0 radical (unpaired) electrons. The summed E-state index contributed by atoms with van der Waals surface area (Å²) in [5, 5.41) is 2.98. The molecule has 1 aromatic rings. The molecule has 0 amide bonds. The van der Waals surface area contributed by atoms with E-state index in [0.717, 1.165) is 12.1 Å². The number of guanidine groups is 1. The number of aryl methyl sites for hydroxylation is 1. The van der Waals surface area contributed by atoms with E-state index < -0.39 is 10.0 Å². The fourth-order valence-electron chi connectivity index (χ4n) is 1.54. The summed E-state index contributed by atoms with van der Waals surface area (Å²) in [6.45, 7) is 4.21. The van der Waals surface area contributed by atoms with Crippen LogP contribution in [0.1, 0.15) is 19.4 Å². The van der Waals surface area contributed by atoms with Gasteiger partial charge in [0.2, 0.25) is 10.0 Å². The Bertz CT molecular complexity index is 561. The van der Waals surface area contributed by atoms with Crippen LogP contribution in [0.25, 0.3) is 0 Å². The van der Waals surface area contributed by atoms with Crippen molar-refractivity contribution in [1.29, 1.82) is 0 Å². The summed E-state index contributed by atoms with van der Waals surface area (Å²) in [5.74, 6) is 0.336. The second-order valence-corrected chi connectivity index (χ2v) is 6.34. The van der Waals surface area contributed by atoms with E-state index in [-0.39, 0.29) is 42.2 Å². The lowest BCUT2D eigenvalue weighted by Crippen LogP contribution is -2.29. The number of hydrogen-bond donors (Lipinski definition) is 3. The third kappa shape index (κ3) is 8.22. The molecule has 0 saturated heterocycles. The van der Waals surface area contributed by atoms with E-state index in [0.29, 0.717) is 6.54 Å². The molecule has 1 rings (SSSR count). The normalized spacial score (nSPS) is 11.8. The quantitative estimate of drug-likeness (QED) is 0.267. The molecule has 120 valence electrons. The van der Waals surface area contributed by atoms with Crippen molar-refractivity contribution >= 4 is 45.6 Å². The van der Waals surface area contributed by atoms with Gasteiger partial charge in [0.05, 0.1) is 12.3 Å². The van der Waals surface area contributed by atoms with Crippen molar-refractivity contribution in [3.05, 3.63) is 29.8 Å². The van der Waals surface area contributed by atoms with Crippen molar-refractivity contribution in [1.82, 2.24) is 4.72 Å². The van der Waals surface area contributed by atoms with Crippen LogP contribution in [0, 0.1) is 0 Å². The van der Waals surface area contributed by atoms with Gasteiger partial charge in [-0.3, -0.25) is 4.99 Å². The van der Waals surface area contributed by atoms with Gasteiger partial charge in [-0.25, -0.2) is 13.1 Å². The fraction of sp³-hybridized carbons (Fsp3) is 0.462. The minimum Gasteiger partial charge on any atom is -0.370 e. The summed E-state index contributed by atoms with van der Waals surface area (Å²) in [7, 11) is -3.17. The van der Waals surface area contributed by atoms with Crippen molar-refractivity contribution in [3.8, 4) is 0 Å². The van der Waals surface area contributed by atoms with E-state index in [1.165, 1.54) is 5.56 Å². The summed E-state index contributed by atoms with van der Waals surface area (Å²) >= 11 is 0. The molecule has 0 saturated carbocycles. The van der Waals surface area contributed by atoms with Gasteiger partial charge in [0.15, 0.2) is 5.96 Å². The number of nitrogens with two attached hydrogens (primary N) is 1. The molecule has 6 nitrogen and oxygen atoms in total. The molecular weight excluding hydrogens is 403 g/mol. The van der Waals surface area contributed by atoms with Gasteiger partial charge in [-0.15, -0.1) is 24.0 Å². The topological polar surface area (TPSA) is 96.6 Å². The molecule has 0 aliphatic carbocycles. The Morgan fingerprint density at radius 1 is 1.33 bits per heavy atom. The number of nitrogens with one attached hydrogen (secondary N) is 2. The van der Waals surface area contributed by atoms with Crippen LogP contribution in [0.2, 0.25) is 0 Å². The van der Waals surface area contributed by atoms with E-state index in [9.17, 15) is 8.42 Å². The Morgan fingerprint density at radius 2 is 2.05 bits per heavy atom. The highest BCUT2D eigenvalue weighted by atomic mass is 127. The molecule has 8 heteroatoms. The third-order valence-corrected chi connectivity index (χ3v) is 4.11. The Hall–Kier alpha value is -0.870. The first-order valence-corrected chi connectivity index (χ1v) is 8.25. The molecule has 0 bridgehead atoms. The van der Waals surface area contributed by atoms with Crippen LogP contribution in [-0.4, -0.2) is 33.2 Å². The average Bonchev–Trinajstić information content (AvgIpc) is 2.44. The molecule has 0 aromatic heterocycles. The average molecular weight is 426 g/mol. The highest BCUT2D eigenvalue weighted by Gasteiger charge is 2.04. The molecule has 0 atom stereocenters.